The molecule has 0 radical (unpaired) electrons. The molecular weight excluding hydrogens is 542 g/mol. The van der Waals surface area contributed by atoms with Gasteiger partial charge in [-0.1, -0.05) is 23.2 Å². The second kappa shape index (κ2) is 11.4. The second-order valence-corrected chi connectivity index (χ2v) is 8.95. The third-order valence-electron chi connectivity index (χ3n) is 4.48. The number of nitrogens with zero attached hydrogens (tertiary/aromatic N) is 5. The van der Waals surface area contributed by atoms with E-state index in [0.29, 0.717) is 38.8 Å². The van der Waals surface area contributed by atoms with Crippen LogP contribution in [0.3, 0.4) is 0 Å². The zero-order valence-electron chi connectivity index (χ0n) is 18.1. The van der Waals surface area contributed by atoms with E-state index < -0.39 is 12.1 Å². The van der Waals surface area contributed by atoms with Gasteiger partial charge in [0.2, 0.25) is 0 Å². The Bertz CT molecular complexity index is 1430. The van der Waals surface area contributed by atoms with Crippen molar-refractivity contribution < 1.29 is 23.1 Å². The van der Waals surface area contributed by atoms with Crippen molar-refractivity contribution in [2.45, 2.75) is 19.0 Å². The fourth-order valence-corrected chi connectivity index (χ4v) is 4.22. The fourth-order valence-electron chi connectivity index (χ4n) is 2.89. The summed E-state index contributed by atoms with van der Waals surface area (Å²) in [6, 6.07) is 7.38. The summed E-state index contributed by atoms with van der Waals surface area (Å²) in [5.41, 5.74) is 7.94. The van der Waals surface area contributed by atoms with Gasteiger partial charge < -0.3 is 20.6 Å². The standard InChI is InChI=1S/C19H15Cl2N7S.C2HF3O2/c20-11-3-4-12(13(21)8-11)14-10-28-7-6-25-19(28)18(26-14)24-5-1-2-16-27-17(23)15(9-22)29-16;3-2(4,5)1(6)7/h3-4,6-8,10H,1-2,5,23H2,(H,24,26);(H,6,7). The Morgan fingerprint density at radius 3 is 2.64 bits per heavy atom. The minimum absolute atomic E-state index is 0.300. The number of anilines is 2. The number of thiazole rings is 1. The molecule has 4 rings (SSSR count). The number of nitrogens with two attached hydrogens (primary N) is 1. The van der Waals surface area contributed by atoms with Crippen molar-refractivity contribution >= 4 is 57.8 Å². The highest BCUT2D eigenvalue weighted by Crippen LogP contribution is 2.30. The van der Waals surface area contributed by atoms with Gasteiger partial charge in [-0.3, -0.25) is 0 Å². The highest BCUT2D eigenvalue weighted by atomic mass is 35.5. The number of hydrogen-bond donors (Lipinski definition) is 3. The van der Waals surface area contributed by atoms with Crippen LogP contribution in [0, 0.1) is 11.3 Å². The first kappa shape index (κ1) is 27.0. The lowest BCUT2D eigenvalue weighted by atomic mass is 10.1. The number of nitrogen functional groups attached to an aromatic ring is 1. The number of carboxylic acid groups (broad SMARTS) is 1. The molecule has 0 bridgehead atoms. The van der Waals surface area contributed by atoms with E-state index >= 15 is 0 Å². The molecular formula is C21H16Cl2F3N7O2S. The molecule has 0 saturated carbocycles. The summed E-state index contributed by atoms with van der Waals surface area (Å²) < 4.78 is 33.6. The molecule has 0 aliphatic heterocycles. The van der Waals surface area contributed by atoms with Gasteiger partial charge in [0, 0.05) is 42.1 Å². The van der Waals surface area contributed by atoms with Crippen LogP contribution in [-0.2, 0) is 11.2 Å². The number of halogens is 5. The number of benzene rings is 1. The second-order valence-electron chi connectivity index (χ2n) is 7.02. The van der Waals surface area contributed by atoms with E-state index in [2.05, 4.69) is 21.4 Å². The number of hydrogen-bond acceptors (Lipinski definition) is 8. The van der Waals surface area contributed by atoms with Crippen molar-refractivity contribution in [2.75, 3.05) is 17.6 Å². The van der Waals surface area contributed by atoms with Crippen molar-refractivity contribution in [1.82, 2.24) is 19.4 Å². The highest BCUT2D eigenvalue weighted by molar-refractivity contribution is 7.12. The molecule has 15 heteroatoms. The number of carboxylic acids is 1. The van der Waals surface area contributed by atoms with E-state index in [1.54, 1.807) is 18.3 Å². The molecule has 36 heavy (non-hydrogen) atoms. The van der Waals surface area contributed by atoms with Crippen molar-refractivity contribution in [2.24, 2.45) is 0 Å². The zero-order valence-corrected chi connectivity index (χ0v) is 20.4. The molecule has 3 heterocycles. The van der Waals surface area contributed by atoms with Crippen LogP contribution in [0.4, 0.5) is 24.8 Å². The number of imidazole rings is 1. The maximum absolute atomic E-state index is 10.6. The molecule has 4 aromatic rings. The first-order valence-electron chi connectivity index (χ1n) is 9.98. The van der Waals surface area contributed by atoms with Crippen molar-refractivity contribution in [3.05, 3.63) is 56.7 Å². The summed E-state index contributed by atoms with van der Waals surface area (Å²) in [4.78, 5) is 22.7. The lowest BCUT2D eigenvalue weighted by Gasteiger charge is -2.11. The maximum Gasteiger partial charge on any atom is 0.490 e. The topological polar surface area (TPSA) is 142 Å². The third kappa shape index (κ3) is 6.75. The summed E-state index contributed by atoms with van der Waals surface area (Å²) in [6.07, 6.45) is 1.90. The number of nitriles is 1. The minimum atomic E-state index is -5.08. The van der Waals surface area contributed by atoms with Gasteiger partial charge in [0.05, 0.1) is 15.7 Å². The number of alkyl halides is 3. The van der Waals surface area contributed by atoms with Gasteiger partial charge in [-0.15, -0.1) is 11.3 Å². The number of rotatable bonds is 6. The van der Waals surface area contributed by atoms with Gasteiger partial charge in [0.15, 0.2) is 17.3 Å². The normalized spacial score (nSPS) is 11.0. The van der Waals surface area contributed by atoms with Gasteiger partial charge >= 0.3 is 12.1 Å². The Morgan fingerprint density at radius 1 is 1.31 bits per heavy atom. The monoisotopic (exact) mass is 557 g/mol. The maximum atomic E-state index is 10.6. The average Bonchev–Trinajstić information content (AvgIpc) is 3.42. The molecule has 0 saturated heterocycles. The van der Waals surface area contributed by atoms with Crippen LogP contribution in [0.5, 0.6) is 0 Å². The smallest absolute Gasteiger partial charge is 0.475 e. The van der Waals surface area contributed by atoms with Crippen LogP contribution in [0.15, 0.2) is 36.8 Å². The van der Waals surface area contributed by atoms with Crippen LogP contribution < -0.4 is 11.1 Å². The highest BCUT2D eigenvalue weighted by Gasteiger charge is 2.38. The number of carbonyl (C=O) groups is 1. The van der Waals surface area contributed by atoms with E-state index in [4.69, 9.17) is 49.1 Å². The van der Waals surface area contributed by atoms with E-state index in [1.165, 1.54) is 11.3 Å². The van der Waals surface area contributed by atoms with Crippen LogP contribution >= 0.6 is 34.5 Å². The average molecular weight is 558 g/mol. The minimum Gasteiger partial charge on any atom is -0.475 e. The Hall–Kier alpha value is -3.60. The van der Waals surface area contributed by atoms with Crippen LogP contribution in [-0.4, -0.2) is 43.1 Å². The van der Waals surface area contributed by atoms with E-state index in [0.717, 1.165) is 29.1 Å². The molecule has 0 amide bonds. The lowest BCUT2D eigenvalue weighted by molar-refractivity contribution is -0.192. The first-order chi connectivity index (χ1) is 17.0. The molecule has 9 nitrogen and oxygen atoms in total. The quantitative estimate of drug-likeness (QED) is 0.271. The van der Waals surface area contributed by atoms with Crippen molar-refractivity contribution in [3.63, 3.8) is 0 Å². The number of fused-ring (bicyclic) bond motifs is 1. The zero-order chi connectivity index (χ0) is 26.5. The molecule has 0 unspecified atom stereocenters. The number of nitrogens with one attached hydrogen (secondary N) is 1. The molecule has 0 fully saturated rings. The van der Waals surface area contributed by atoms with Gasteiger partial charge in [-0.25, -0.2) is 19.7 Å². The Balaban J connectivity index is 0.000000454. The fraction of sp³-hybridized carbons (Fsp3) is 0.190. The molecule has 4 N–H and O–H groups in total. The van der Waals surface area contributed by atoms with Crippen molar-refractivity contribution in [3.8, 4) is 17.3 Å². The summed E-state index contributed by atoms with van der Waals surface area (Å²) in [5, 5.41) is 21.4. The largest absolute Gasteiger partial charge is 0.490 e. The number of aromatic nitrogens is 4. The third-order valence-corrected chi connectivity index (χ3v) is 6.07. The van der Waals surface area contributed by atoms with Gasteiger partial charge in [0.1, 0.15) is 10.9 Å². The molecule has 188 valence electrons. The van der Waals surface area contributed by atoms with E-state index in [-0.39, 0.29) is 0 Å². The van der Waals surface area contributed by atoms with Crippen LogP contribution in [0.25, 0.3) is 16.9 Å². The van der Waals surface area contributed by atoms with E-state index in [9.17, 15) is 13.2 Å². The predicted molar refractivity (Wildman–Crippen MR) is 130 cm³/mol. The lowest BCUT2D eigenvalue weighted by Crippen LogP contribution is -2.21. The summed E-state index contributed by atoms with van der Waals surface area (Å²) in [6.45, 7) is 0.661. The SMILES string of the molecule is N#Cc1sc(CCCNc2nc(-c3ccc(Cl)cc3Cl)cn3ccnc23)nc1N.O=C(O)C(F)(F)F. The molecule has 0 atom stereocenters. The predicted octanol–water partition coefficient (Wildman–Crippen LogP) is 5.29. The first-order valence-corrected chi connectivity index (χ1v) is 11.5. The van der Waals surface area contributed by atoms with Gasteiger partial charge in [0.25, 0.3) is 0 Å². The number of aliphatic carboxylic acids is 1. The molecule has 1 aromatic carbocycles. The molecule has 0 aliphatic carbocycles. The van der Waals surface area contributed by atoms with E-state index in [1.807, 2.05) is 22.9 Å². The van der Waals surface area contributed by atoms with Crippen LogP contribution in [0.2, 0.25) is 10.0 Å². The summed E-state index contributed by atoms with van der Waals surface area (Å²) in [7, 11) is 0. The summed E-state index contributed by atoms with van der Waals surface area (Å²) in [5.74, 6) is -1.80. The Morgan fingerprint density at radius 2 is 2.03 bits per heavy atom. The molecule has 3 aromatic heterocycles. The van der Waals surface area contributed by atoms with Crippen LogP contribution in [0.1, 0.15) is 16.3 Å². The summed E-state index contributed by atoms with van der Waals surface area (Å²) >= 11 is 13.7. The molecule has 0 aliphatic rings. The Labute approximate surface area is 215 Å². The number of aryl methyl sites for hydroxylation is 1. The van der Waals surface area contributed by atoms with Gasteiger partial charge in [-0.2, -0.15) is 18.4 Å². The van der Waals surface area contributed by atoms with Crippen molar-refractivity contribution in [1.29, 1.82) is 5.26 Å². The Kier molecular flexibility index (Phi) is 8.57. The molecule has 0 spiro atoms. The van der Waals surface area contributed by atoms with Gasteiger partial charge in [-0.05, 0) is 24.6 Å².